The van der Waals surface area contributed by atoms with Gasteiger partial charge in [-0.2, -0.15) is 4.98 Å². The largest absolute Gasteiger partial charge is 0.480 e. The lowest BCUT2D eigenvalue weighted by Crippen LogP contribution is -2.33. The Labute approximate surface area is 168 Å². The van der Waals surface area contributed by atoms with Crippen LogP contribution in [0.15, 0.2) is 11.1 Å². The number of hydrogen-bond donors (Lipinski definition) is 6. The molecule has 13 heteroatoms. The second kappa shape index (κ2) is 7.45. The summed E-state index contributed by atoms with van der Waals surface area (Å²) in [5.41, 5.74) is 6.40. The number of hydrogen-bond acceptors (Lipinski definition) is 9. The van der Waals surface area contributed by atoms with Crippen molar-refractivity contribution in [2.24, 2.45) is 5.73 Å². The fourth-order valence-electron chi connectivity index (χ4n) is 3.72. The molecule has 0 saturated carbocycles. The minimum absolute atomic E-state index is 0.00743. The maximum Gasteiger partial charge on any atom is 0.320 e. The molecule has 30 heavy (non-hydrogen) atoms. The predicted octanol–water partition coefficient (Wildman–Crippen LogP) is -2.36. The topological polar surface area (TPSA) is 201 Å². The Morgan fingerprint density at radius 2 is 2.13 bits per heavy atom. The highest BCUT2D eigenvalue weighted by molar-refractivity contribution is 5.73. The van der Waals surface area contributed by atoms with Crippen molar-refractivity contribution in [3.05, 3.63) is 28.1 Å². The second-order valence-corrected chi connectivity index (χ2v) is 7.31. The van der Waals surface area contributed by atoms with Gasteiger partial charge in [-0.05, 0) is 19.8 Å². The zero-order chi connectivity index (χ0) is 21.7. The van der Waals surface area contributed by atoms with E-state index in [1.807, 2.05) is 0 Å². The van der Waals surface area contributed by atoms with Gasteiger partial charge >= 0.3 is 5.97 Å². The molecule has 7 N–H and O–H groups in total. The van der Waals surface area contributed by atoms with Crippen LogP contribution in [0.1, 0.15) is 24.0 Å². The lowest BCUT2D eigenvalue weighted by atomic mass is 10.1. The number of nitrogens with two attached hydrogens (primary N) is 1. The molecular formula is C17H22N6O7. The van der Waals surface area contributed by atoms with Gasteiger partial charge in [0.25, 0.3) is 5.56 Å². The summed E-state index contributed by atoms with van der Waals surface area (Å²) in [6.45, 7) is 1.24. The number of nitrogens with one attached hydrogen (secondary N) is 1. The molecule has 1 aliphatic rings. The van der Waals surface area contributed by atoms with Gasteiger partial charge in [0, 0.05) is 11.4 Å². The number of aromatic nitrogens is 5. The summed E-state index contributed by atoms with van der Waals surface area (Å²) in [4.78, 5) is 35.6. The van der Waals surface area contributed by atoms with Gasteiger partial charge in [-0.25, -0.2) is 9.38 Å². The normalized spacial score (nSPS) is 25.4. The standard InChI is InChI=1S/C17H22N6O7/c1-6-8(3-2-7(18)16(28)29)23-14(27)10-13(21-17(23)20-6)22(5-19-10)15-12(26)11(25)9(4-24)30-15/h5,7,9,11-12,15,24-26H,2-4,18H2,1H3,(H,20,21)(H,28,29)/t7?,9-,11?,12+,15-/m1/s1. The minimum atomic E-state index is -1.35. The maximum absolute atomic E-state index is 13.1. The van der Waals surface area contributed by atoms with Gasteiger partial charge in [-0.1, -0.05) is 0 Å². The number of nitrogens with zero attached hydrogens (tertiary/aromatic N) is 4. The van der Waals surface area contributed by atoms with Crippen LogP contribution in [0.3, 0.4) is 0 Å². The van der Waals surface area contributed by atoms with Gasteiger partial charge in [-0.15, -0.1) is 0 Å². The van der Waals surface area contributed by atoms with Crippen LogP contribution in [0.2, 0.25) is 0 Å². The van der Waals surface area contributed by atoms with Gasteiger partial charge in [0.05, 0.1) is 12.9 Å². The molecule has 0 spiro atoms. The molecule has 0 aliphatic carbocycles. The number of carboxylic acids is 1. The third-order valence-corrected chi connectivity index (χ3v) is 5.40. The number of rotatable bonds is 6. The zero-order valence-corrected chi connectivity index (χ0v) is 16.0. The third-order valence-electron chi connectivity index (χ3n) is 5.40. The molecule has 4 rings (SSSR count). The monoisotopic (exact) mass is 422 g/mol. The molecule has 1 saturated heterocycles. The van der Waals surface area contributed by atoms with E-state index in [0.29, 0.717) is 11.4 Å². The number of aliphatic carboxylic acids is 1. The Balaban J connectivity index is 1.78. The van der Waals surface area contributed by atoms with Crippen LogP contribution < -0.4 is 11.3 Å². The highest BCUT2D eigenvalue weighted by Gasteiger charge is 2.44. The van der Waals surface area contributed by atoms with Crippen LogP contribution in [-0.2, 0) is 16.0 Å². The molecular weight excluding hydrogens is 400 g/mol. The van der Waals surface area contributed by atoms with E-state index in [1.54, 1.807) is 6.92 Å². The number of aliphatic hydroxyl groups excluding tert-OH is 3. The Kier molecular flexibility index (Phi) is 5.07. The van der Waals surface area contributed by atoms with E-state index in [-0.39, 0.29) is 29.8 Å². The summed E-state index contributed by atoms with van der Waals surface area (Å²) >= 11 is 0. The average molecular weight is 422 g/mol. The summed E-state index contributed by atoms with van der Waals surface area (Å²) in [5, 5.41) is 38.5. The van der Waals surface area contributed by atoms with Crippen LogP contribution in [0.5, 0.6) is 0 Å². The molecule has 162 valence electrons. The molecule has 4 heterocycles. The molecule has 0 radical (unpaired) electrons. The Bertz CT molecular complexity index is 1170. The van der Waals surface area contributed by atoms with Crippen LogP contribution in [0.4, 0.5) is 0 Å². The van der Waals surface area contributed by atoms with Crippen molar-refractivity contribution in [3.8, 4) is 0 Å². The van der Waals surface area contributed by atoms with E-state index in [4.69, 9.17) is 15.6 Å². The summed E-state index contributed by atoms with van der Waals surface area (Å²) in [6.07, 6.45) is -3.08. The van der Waals surface area contributed by atoms with Crippen LogP contribution in [0.25, 0.3) is 16.9 Å². The van der Waals surface area contributed by atoms with Gasteiger partial charge in [0.15, 0.2) is 17.4 Å². The van der Waals surface area contributed by atoms with Crippen molar-refractivity contribution in [3.63, 3.8) is 0 Å². The van der Waals surface area contributed by atoms with Crippen molar-refractivity contribution >= 4 is 22.9 Å². The first-order valence-electron chi connectivity index (χ1n) is 9.32. The molecule has 0 amide bonds. The third kappa shape index (κ3) is 3.07. The number of aryl methyl sites for hydroxylation is 2. The first-order chi connectivity index (χ1) is 14.2. The van der Waals surface area contributed by atoms with E-state index in [1.165, 1.54) is 15.3 Å². The lowest BCUT2D eigenvalue weighted by Gasteiger charge is -2.16. The molecule has 0 bridgehead atoms. The second-order valence-electron chi connectivity index (χ2n) is 7.31. The van der Waals surface area contributed by atoms with Crippen molar-refractivity contribution < 1.29 is 30.0 Å². The lowest BCUT2D eigenvalue weighted by molar-refractivity contribution is -0.138. The summed E-state index contributed by atoms with van der Waals surface area (Å²) in [5.74, 6) is -0.921. The fourth-order valence-corrected chi connectivity index (χ4v) is 3.72. The summed E-state index contributed by atoms with van der Waals surface area (Å²) in [6, 6.07) is -1.06. The van der Waals surface area contributed by atoms with E-state index < -0.39 is 48.7 Å². The van der Waals surface area contributed by atoms with Crippen molar-refractivity contribution in [2.75, 3.05) is 6.61 Å². The first kappa shape index (κ1) is 20.4. The average Bonchev–Trinajstić information content (AvgIpc) is 3.35. The fraction of sp³-hybridized carbons (Fsp3) is 0.529. The minimum Gasteiger partial charge on any atom is -0.480 e. The number of ether oxygens (including phenoxy) is 1. The number of H-pyrrole nitrogens is 1. The van der Waals surface area contributed by atoms with E-state index in [9.17, 15) is 24.9 Å². The molecule has 2 unspecified atom stereocenters. The number of aromatic amines is 1. The van der Waals surface area contributed by atoms with Gasteiger partial charge in [0.2, 0.25) is 5.78 Å². The van der Waals surface area contributed by atoms with Gasteiger partial charge in [0.1, 0.15) is 24.4 Å². The molecule has 0 aromatic carbocycles. The number of carbonyl (C=O) groups is 1. The SMILES string of the molecule is Cc1[nH]c2nc3c(ncn3[C@@H]3O[C@H](CO)C(O)[C@@H]3O)c(=O)n2c1CCC(N)C(=O)O. The van der Waals surface area contributed by atoms with Crippen LogP contribution in [0, 0.1) is 6.92 Å². The number of aliphatic hydroxyl groups is 3. The number of fused-ring (bicyclic) bond motifs is 2. The van der Waals surface area contributed by atoms with E-state index >= 15 is 0 Å². The van der Waals surface area contributed by atoms with Crippen molar-refractivity contribution in [1.29, 1.82) is 0 Å². The van der Waals surface area contributed by atoms with E-state index in [0.717, 1.165) is 0 Å². The molecule has 3 aromatic rings. The number of carboxylic acid groups (broad SMARTS) is 1. The maximum atomic E-state index is 13.1. The van der Waals surface area contributed by atoms with Crippen LogP contribution >= 0.6 is 0 Å². The Morgan fingerprint density at radius 3 is 2.77 bits per heavy atom. The predicted molar refractivity (Wildman–Crippen MR) is 101 cm³/mol. The Morgan fingerprint density at radius 1 is 1.40 bits per heavy atom. The molecule has 3 aromatic heterocycles. The van der Waals surface area contributed by atoms with E-state index in [2.05, 4.69) is 15.0 Å². The zero-order valence-electron chi connectivity index (χ0n) is 16.0. The molecule has 5 atom stereocenters. The van der Waals surface area contributed by atoms with Crippen molar-refractivity contribution in [1.82, 2.24) is 23.9 Å². The smallest absolute Gasteiger partial charge is 0.320 e. The molecule has 1 fully saturated rings. The molecule has 13 nitrogen and oxygen atoms in total. The highest BCUT2D eigenvalue weighted by Crippen LogP contribution is 2.31. The van der Waals surface area contributed by atoms with Crippen LogP contribution in [-0.4, -0.2) is 81.3 Å². The number of imidazole rings is 2. The summed E-state index contributed by atoms with van der Waals surface area (Å²) < 4.78 is 8.15. The molecule has 1 aliphatic heterocycles. The Hall–Kier alpha value is -2.84. The van der Waals surface area contributed by atoms with Gasteiger partial charge < -0.3 is 35.9 Å². The quantitative estimate of drug-likeness (QED) is 0.249. The summed E-state index contributed by atoms with van der Waals surface area (Å²) in [7, 11) is 0. The van der Waals surface area contributed by atoms with Crippen molar-refractivity contribution in [2.45, 2.75) is 50.3 Å². The van der Waals surface area contributed by atoms with Gasteiger partial charge in [-0.3, -0.25) is 14.2 Å². The highest BCUT2D eigenvalue weighted by atomic mass is 16.6. The first-order valence-corrected chi connectivity index (χ1v) is 9.32.